The standard InChI is InChI=1S/C14H9BrClNO/c15-8-10-2-1-3-12-13(17-18-14(10)12)9-4-6-11(16)7-5-9/h1-7H,8H2. The van der Waals surface area contributed by atoms with Crippen molar-refractivity contribution >= 4 is 38.5 Å². The van der Waals surface area contributed by atoms with E-state index in [-0.39, 0.29) is 0 Å². The molecule has 0 aliphatic rings. The van der Waals surface area contributed by atoms with Crippen molar-refractivity contribution in [3.8, 4) is 11.3 Å². The second-order valence-electron chi connectivity index (χ2n) is 3.97. The average Bonchev–Trinajstić information content (AvgIpc) is 2.83. The molecule has 18 heavy (non-hydrogen) atoms. The lowest BCUT2D eigenvalue weighted by atomic mass is 10.1. The molecule has 1 heterocycles. The average molecular weight is 323 g/mol. The quantitative estimate of drug-likeness (QED) is 0.618. The predicted molar refractivity (Wildman–Crippen MR) is 77.1 cm³/mol. The summed E-state index contributed by atoms with van der Waals surface area (Å²) < 4.78 is 5.44. The summed E-state index contributed by atoms with van der Waals surface area (Å²) >= 11 is 9.34. The first-order valence-corrected chi connectivity index (χ1v) is 6.98. The maximum Gasteiger partial charge on any atom is 0.171 e. The topological polar surface area (TPSA) is 26.0 Å². The highest BCUT2D eigenvalue weighted by Crippen LogP contribution is 2.31. The van der Waals surface area contributed by atoms with Crippen LogP contribution in [0.5, 0.6) is 0 Å². The molecule has 0 aliphatic carbocycles. The van der Waals surface area contributed by atoms with Crippen LogP contribution in [0.25, 0.3) is 22.2 Å². The monoisotopic (exact) mass is 321 g/mol. The van der Waals surface area contributed by atoms with Crippen LogP contribution in [-0.2, 0) is 5.33 Å². The van der Waals surface area contributed by atoms with Crippen molar-refractivity contribution < 1.29 is 4.52 Å². The molecule has 0 atom stereocenters. The number of alkyl halides is 1. The van der Waals surface area contributed by atoms with E-state index in [1.165, 1.54) is 0 Å². The molecule has 0 spiro atoms. The van der Waals surface area contributed by atoms with Crippen LogP contribution < -0.4 is 0 Å². The molecular formula is C14H9BrClNO. The summed E-state index contributed by atoms with van der Waals surface area (Å²) in [6, 6.07) is 13.6. The van der Waals surface area contributed by atoms with Gasteiger partial charge in [-0.05, 0) is 18.2 Å². The highest BCUT2D eigenvalue weighted by atomic mass is 79.9. The third-order valence-corrected chi connectivity index (χ3v) is 3.70. The first kappa shape index (κ1) is 11.8. The Bertz CT molecular complexity index is 691. The van der Waals surface area contributed by atoms with E-state index in [0.29, 0.717) is 5.02 Å². The molecule has 0 saturated carbocycles. The van der Waals surface area contributed by atoms with Gasteiger partial charge in [-0.2, -0.15) is 0 Å². The van der Waals surface area contributed by atoms with Crippen molar-refractivity contribution in [1.29, 1.82) is 0 Å². The Morgan fingerprint density at radius 2 is 1.89 bits per heavy atom. The predicted octanol–water partition coefficient (Wildman–Crippen LogP) is 5.04. The van der Waals surface area contributed by atoms with Gasteiger partial charge in [0.2, 0.25) is 0 Å². The zero-order valence-electron chi connectivity index (χ0n) is 9.36. The zero-order valence-corrected chi connectivity index (χ0v) is 11.7. The van der Waals surface area contributed by atoms with Gasteiger partial charge in [-0.1, -0.05) is 57.0 Å². The van der Waals surface area contributed by atoms with Gasteiger partial charge in [0.15, 0.2) is 5.58 Å². The molecule has 4 heteroatoms. The fourth-order valence-electron chi connectivity index (χ4n) is 1.94. The van der Waals surface area contributed by atoms with Crippen LogP contribution in [0.1, 0.15) is 5.56 Å². The van der Waals surface area contributed by atoms with E-state index in [1.54, 1.807) is 0 Å². The number of fused-ring (bicyclic) bond motifs is 1. The summed E-state index contributed by atoms with van der Waals surface area (Å²) in [5, 5.41) is 6.65. The molecule has 2 nitrogen and oxygen atoms in total. The Labute approximate surface area is 118 Å². The first-order chi connectivity index (χ1) is 8.79. The van der Waals surface area contributed by atoms with E-state index in [4.69, 9.17) is 16.1 Å². The molecule has 1 aromatic heterocycles. The summed E-state index contributed by atoms with van der Waals surface area (Å²) in [6.07, 6.45) is 0. The fourth-order valence-corrected chi connectivity index (χ4v) is 2.51. The smallest absolute Gasteiger partial charge is 0.171 e. The minimum atomic E-state index is 0.715. The molecule has 0 saturated heterocycles. The number of rotatable bonds is 2. The molecule has 3 aromatic rings. The van der Waals surface area contributed by atoms with Crippen molar-refractivity contribution in [1.82, 2.24) is 5.16 Å². The maximum atomic E-state index is 5.89. The van der Waals surface area contributed by atoms with Crippen LogP contribution in [0.2, 0.25) is 5.02 Å². The molecule has 0 unspecified atom stereocenters. The SMILES string of the molecule is Clc1ccc(-c2noc3c(CBr)cccc23)cc1. The lowest BCUT2D eigenvalue weighted by Crippen LogP contribution is -1.79. The van der Waals surface area contributed by atoms with Crippen LogP contribution >= 0.6 is 27.5 Å². The Hall–Kier alpha value is -1.32. The Balaban J connectivity index is 2.21. The lowest BCUT2D eigenvalue weighted by molar-refractivity contribution is 0.458. The van der Waals surface area contributed by atoms with E-state index in [9.17, 15) is 0 Å². The zero-order chi connectivity index (χ0) is 12.5. The second kappa shape index (κ2) is 4.75. The van der Waals surface area contributed by atoms with E-state index in [1.807, 2.05) is 42.5 Å². The van der Waals surface area contributed by atoms with Gasteiger partial charge in [0.05, 0.1) is 5.39 Å². The van der Waals surface area contributed by atoms with Gasteiger partial charge in [-0.15, -0.1) is 0 Å². The normalized spacial score (nSPS) is 11.0. The van der Waals surface area contributed by atoms with E-state index < -0.39 is 0 Å². The maximum absolute atomic E-state index is 5.89. The van der Waals surface area contributed by atoms with E-state index in [2.05, 4.69) is 21.1 Å². The Morgan fingerprint density at radius 1 is 1.11 bits per heavy atom. The number of hydrogen-bond acceptors (Lipinski definition) is 2. The molecule has 0 bridgehead atoms. The third-order valence-electron chi connectivity index (χ3n) is 2.84. The van der Waals surface area contributed by atoms with Crippen LogP contribution in [0, 0.1) is 0 Å². The van der Waals surface area contributed by atoms with Crippen molar-refractivity contribution in [3.05, 3.63) is 53.1 Å². The van der Waals surface area contributed by atoms with Crippen molar-refractivity contribution in [2.24, 2.45) is 0 Å². The van der Waals surface area contributed by atoms with Crippen molar-refractivity contribution in [3.63, 3.8) is 0 Å². The number of halogens is 2. The molecule has 0 aliphatic heterocycles. The van der Waals surface area contributed by atoms with Crippen molar-refractivity contribution in [2.75, 3.05) is 0 Å². The second-order valence-corrected chi connectivity index (χ2v) is 4.96. The number of nitrogens with zero attached hydrogens (tertiary/aromatic N) is 1. The van der Waals surface area contributed by atoms with E-state index >= 15 is 0 Å². The van der Waals surface area contributed by atoms with Crippen molar-refractivity contribution in [2.45, 2.75) is 5.33 Å². The van der Waals surface area contributed by atoms with Crippen LogP contribution in [0.3, 0.4) is 0 Å². The summed E-state index contributed by atoms with van der Waals surface area (Å²) in [7, 11) is 0. The molecule has 2 aromatic carbocycles. The van der Waals surface area contributed by atoms with E-state index in [0.717, 1.165) is 33.1 Å². The van der Waals surface area contributed by atoms with Gasteiger partial charge in [0.1, 0.15) is 5.69 Å². The summed E-state index contributed by atoms with van der Waals surface area (Å²) in [6.45, 7) is 0. The minimum absolute atomic E-state index is 0.715. The Morgan fingerprint density at radius 3 is 2.61 bits per heavy atom. The third kappa shape index (κ3) is 1.93. The van der Waals surface area contributed by atoms with Gasteiger partial charge in [0.25, 0.3) is 0 Å². The van der Waals surface area contributed by atoms with Gasteiger partial charge in [0, 0.05) is 21.5 Å². The molecular weight excluding hydrogens is 314 g/mol. The Kier molecular flexibility index (Phi) is 3.10. The first-order valence-electron chi connectivity index (χ1n) is 5.49. The van der Waals surface area contributed by atoms with Gasteiger partial charge in [-0.25, -0.2) is 0 Å². The van der Waals surface area contributed by atoms with Crippen LogP contribution in [-0.4, -0.2) is 5.16 Å². The number of para-hydroxylation sites is 1. The van der Waals surface area contributed by atoms with Gasteiger partial charge >= 0.3 is 0 Å². The van der Waals surface area contributed by atoms with Crippen LogP contribution in [0.4, 0.5) is 0 Å². The fraction of sp³-hybridized carbons (Fsp3) is 0.0714. The number of aromatic nitrogens is 1. The highest BCUT2D eigenvalue weighted by Gasteiger charge is 2.12. The number of benzene rings is 2. The van der Waals surface area contributed by atoms with Gasteiger partial charge in [-0.3, -0.25) is 0 Å². The van der Waals surface area contributed by atoms with Crippen LogP contribution in [0.15, 0.2) is 47.0 Å². The molecule has 0 N–H and O–H groups in total. The summed E-state index contributed by atoms with van der Waals surface area (Å²) in [5.74, 6) is 0. The molecule has 90 valence electrons. The summed E-state index contributed by atoms with van der Waals surface area (Å²) in [5.41, 5.74) is 3.79. The molecule has 0 fully saturated rings. The summed E-state index contributed by atoms with van der Waals surface area (Å²) in [4.78, 5) is 0. The molecule has 3 rings (SSSR count). The highest BCUT2D eigenvalue weighted by molar-refractivity contribution is 9.08. The minimum Gasteiger partial charge on any atom is -0.355 e. The lowest BCUT2D eigenvalue weighted by Gasteiger charge is -1.98. The van der Waals surface area contributed by atoms with Gasteiger partial charge < -0.3 is 4.52 Å². The molecule has 0 radical (unpaired) electrons. The molecule has 0 amide bonds. The largest absolute Gasteiger partial charge is 0.355 e. The number of hydrogen-bond donors (Lipinski definition) is 0.